The molecule has 0 aromatic carbocycles. The molecule has 0 amide bonds. The average molecular weight is 119 g/mol. The highest BCUT2D eigenvalue weighted by Gasteiger charge is 2.01. The first-order chi connectivity index (χ1) is 3.79. The zero-order valence-electron chi connectivity index (χ0n) is 3.81. The van der Waals surface area contributed by atoms with Crippen molar-refractivity contribution in [3.63, 3.8) is 0 Å². The smallest absolute Gasteiger partial charge is 0.210 e. The molecule has 1 aliphatic rings. The zero-order chi connectivity index (χ0) is 5.98. The van der Waals surface area contributed by atoms with Gasteiger partial charge in [0.1, 0.15) is 0 Å². The van der Waals surface area contributed by atoms with Crippen LogP contribution in [0.1, 0.15) is 0 Å². The Hall–Kier alpha value is -1.13. The number of nitrogens with zero attached hydrogens (tertiary/aromatic N) is 2. The van der Waals surface area contributed by atoms with Crippen LogP contribution in [-0.2, 0) is 0 Å². The van der Waals surface area contributed by atoms with Gasteiger partial charge in [0.2, 0.25) is 5.95 Å². The van der Waals surface area contributed by atoms with Gasteiger partial charge in [-0.2, -0.15) is 4.39 Å². The van der Waals surface area contributed by atoms with E-state index in [0.29, 0.717) is 0 Å². The van der Waals surface area contributed by atoms with Crippen LogP contribution in [0.3, 0.4) is 0 Å². The van der Waals surface area contributed by atoms with Crippen LogP contribution in [-0.4, -0.2) is 11.6 Å². The van der Waals surface area contributed by atoms with Gasteiger partial charge in [0.25, 0.3) is 0 Å². The number of hydrogen-bond acceptors (Lipinski definition) is 3. The van der Waals surface area contributed by atoms with E-state index in [4.69, 9.17) is 0 Å². The quantitative estimate of drug-likeness (QED) is 0.371. The molecular formula is C3H3F2N3. The first-order valence-electron chi connectivity index (χ1n) is 1.91. The van der Waals surface area contributed by atoms with Gasteiger partial charge >= 0.3 is 0 Å². The number of hydrazine groups is 1. The Balaban J connectivity index is 2.59. The largest absolute Gasteiger partial charge is 0.227 e. The Morgan fingerprint density at radius 3 is 2.88 bits per heavy atom. The predicted octanol–water partition coefficient (Wildman–Crippen LogP) is 0.488. The third-order valence-corrected chi connectivity index (χ3v) is 0.588. The van der Waals surface area contributed by atoms with Crippen molar-refractivity contribution in [2.45, 2.75) is 0 Å². The third-order valence-electron chi connectivity index (χ3n) is 0.588. The summed E-state index contributed by atoms with van der Waals surface area (Å²) in [7, 11) is 0. The summed E-state index contributed by atoms with van der Waals surface area (Å²) in [6.07, 6.45) is 2.02. The van der Waals surface area contributed by atoms with E-state index in [-0.39, 0.29) is 5.34 Å². The molecule has 0 spiro atoms. The number of nitrogens with one attached hydrogen (secondary N) is 1. The lowest BCUT2D eigenvalue weighted by Gasteiger charge is -2.09. The van der Waals surface area contributed by atoms with Crippen LogP contribution in [0.25, 0.3) is 0 Å². The first kappa shape index (κ1) is 5.02. The van der Waals surface area contributed by atoms with E-state index in [1.165, 1.54) is 0 Å². The molecule has 0 fully saturated rings. The standard InChI is InChI=1S/C3H3F2N3/c4-3-1-2-6-8(5)7-3/h1-2,7H. The maximum absolute atomic E-state index is 11.8. The monoisotopic (exact) mass is 119 g/mol. The van der Waals surface area contributed by atoms with Gasteiger partial charge in [-0.1, -0.05) is 4.48 Å². The summed E-state index contributed by atoms with van der Waals surface area (Å²) in [6.45, 7) is 0. The second-order valence-corrected chi connectivity index (χ2v) is 1.15. The fraction of sp³-hybridized carbons (Fsp3) is 0. The maximum Gasteiger partial charge on any atom is 0.210 e. The van der Waals surface area contributed by atoms with Gasteiger partial charge in [0.15, 0.2) is 0 Å². The van der Waals surface area contributed by atoms with Crippen molar-refractivity contribution in [2.24, 2.45) is 5.10 Å². The summed E-state index contributed by atoms with van der Waals surface area (Å²) in [5.41, 5.74) is 1.64. The minimum atomic E-state index is -0.762. The molecule has 8 heavy (non-hydrogen) atoms. The van der Waals surface area contributed by atoms with E-state index in [1.54, 1.807) is 5.43 Å². The maximum atomic E-state index is 11.8. The SMILES string of the molecule is FC1=CC=NN(F)N1. The average Bonchev–Trinajstić information content (AvgIpc) is 1.64. The second-order valence-electron chi connectivity index (χ2n) is 1.15. The Morgan fingerprint density at radius 2 is 2.50 bits per heavy atom. The lowest BCUT2D eigenvalue weighted by atomic mass is 10.6. The van der Waals surface area contributed by atoms with Crippen LogP contribution in [0.15, 0.2) is 17.1 Å². The molecule has 0 bridgehead atoms. The molecule has 0 saturated carbocycles. The van der Waals surface area contributed by atoms with Gasteiger partial charge in [0.05, 0.1) is 6.21 Å². The van der Waals surface area contributed by atoms with Crippen molar-refractivity contribution in [1.29, 1.82) is 0 Å². The summed E-state index contributed by atoms with van der Waals surface area (Å²) in [6, 6.07) is 0. The summed E-state index contributed by atoms with van der Waals surface area (Å²) in [5, 5.41) is 2.78. The van der Waals surface area contributed by atoms with Gasteiger partial charge < -0.3 is 0 Å². The van der Waals surface area contributed by atoms with Crippen molar-refractivity contribution >= 4 is 6.21 Å². The van der Waals surface area contributed by atoms with E-state index in [2.05, 4.69) is 5.10 Å². The number of halogens is 2. The van der Waals surface area contributed by atoms with E-state index >= 15 is 0 Å². The lowest BCUT2D eigenvalue weighted by Crippen LogP contribution is -2.26. The van der Waals surface area contributed by atoms with Gasteiger partial charge in [-0.25, -0.2) is 5.43 Å². The number of allylic oxidation sites excluding steroid dienone is 1. The Morgan fingerprint density at radius 1 is 1.75 bits per heavy atom. The molecule has 1 aliphatic heterocycles. The van der Waals surface area contributed by atoms with E-state index in [1.807, 2.05) is 0 Å². The van der Waals surface area contributed by atoms with Crippen molar-refractivity contribution < 1.29 is 8.87 Å². The molecule has 0 saturated heterocycles. The second kappa shape index (κ2) is 1.77. The number of rotatable bonds is 0. The summed E-state index contributed by atoms with van der Waals surface area (Å²) in [5.74, 6) is -0.762. The fourth-order valence-corrected chi connectivity index (χ4v) is 0.312. The summed E-state index contributed by atoms with van der Waals surface area (Å²) >= 11 is 0. The fourth-order valence-electron chi connectivity index (χ4n) is 0.312. The van der Waals surface area contributed by atoms with Gasteiger partial charge in [-0.3, -0.25) is 0 Å². The summed E-state index contributed by atoms with van der Waals surface area (Å²) in [4.78, 5) is 0. The molecule has 5 heteroatoms. The van der Waals surface area contributed by atoms with Crippen molar-refractivity contribution in [1.82, 2.24) is 10.8 Å². The van der Waals surface area contributed by atoms with E-state index in [0.717, 1.165) is 12.3 Å². The van der Waals surface area contributed by atoms with Crippen LogP contribution < -0.4 is 5.43 Å². The molecule has 1 rings (SSSR count). The van der Waals surface area contributed by atoms with Crippen LogP contribution in [0.5, 0.6) is 0 Å². The zero-order valence-corrected chi connectivity index (χ0v) is 3.81. The molecule has 0 aliphatic carbocycles. The van der Waals surface area contributed by atoms with Gasteiger partial charge in [-0.05, 0) is 5.34 Å². The van der Waals surface area contributed by atoms with Crippen LogP contribution >= 0.6 is 0 Å². The molecule has 0 unspecified atom stereocenters. The minimum Gasteiger partial charge on any atom is -0.227 e. The number of hydrazone groups is 1. The van der Waals surface area contributed by atoms with Crippen LogP contribution in [0, 0.1) is 0 Å². The van der Waals surface area contributed by atoms with Crippen LogP contribution in [0.2, 0.25) is 0 Å². The van der Waals surface area contributed by atoms with Crippen LogP contribution in [0.4, 0.5) is 8.87 Å². The Bertz CT molecular complexity index is 141. The molecule has 0 aromatic rings. The molecule has 44 valence electrons. The van der Waals surface area contributed by atoms with Crippen molar-refractivity contribution in [3.05, 3.63) is 12.0 Å². The van der Waals surface area contributed by atoms with E-state index in [9.17, 15) is 8.87 Å². The molecule has 0 atom stereocenters. The van der Waals surface area contributed by atoms with E-state index < -0.39 is 5.95 Å². The lowest BCUT2D eigenvalue weighted by molar-refractivity contribution is -0.0265. The minimum absolute atomic E-state index is 0.213. The van der Waals surface area contributed by atoms with Gasteiger partial charge in [-0.15, -0.1) is 5.10 Å². The van der Waals surface area contributed by atoms with Crippen molar-refractivity contribution in [3.8, 4) is 0 Å². The predicted molar refractivity (Wildman–Crippen MR) is 23.8 cm³/mol. The molecule has 3 nitrogen and oxygen atoms in total. The van der Waals surface area contributed by atoms with Crippen molar-refractivity contribution in [2.75, 3.05) is 0 Å². The highest BCUT2D eigenvalue weighted by Crippen LogP contribution is 1.97. The summed E-state index contributed by atoms with van der Waals surface area (Å²) < 4.78 is 23.5. The first-order valence-corrected chi connectivity index (χ1v) is 1.91. The Kier molecular flexibility index (Phi) is 1.11. The topological polar surface area (TPSA) is 27.6 Å². The van der Waals surface area contributed by atoms with Gasteiger partial charge in [0, 0.05) is 6.08 Å². The molecular weight excluding hydrogens is 116 g/mol. The molecule has 0 aromatic heterocycles. The molecule has 0 radical (unpaired) electrons. The normalized spacial score (nSPS) is 17.8. The highest BCUT2D eigenvalue weighted by atomic mass is 19.2. The molecule has 1 heterocycles. The molecule has 1 N–H and O–H groups in total. The highest BCUT2D eigenvalue weighted by molar-refractivity contribution is 5.71. The Labute approximate surface area is 44.2 Å². The number of hydrogen-bond donors (Lipinski definition) is 1. The third kappa shape index (κ3) is 0.927.